The third kappa shape index (κ3) is 4.27. The second-order valence-corrected chi connectivity index (χ2v) is 8.13. The lowest BCUT2D eigenvalue weighted by molar-refractivity contribution is 0.0926. The maximum atomic E-state index is 13.3. The van der Waals surface area contributed by atoms with Crippen LogP contribution in [0.25, 0.3) is 0 Å². The fourth-order valence-corrected chi connectivity index (χ4v) is 3.55. The predicted octanol–water partition coefficient (Wildman–Crippen LogP) is 0.770. The fourth-order valence-electron chi connectivity index (χ4n) is 2.38. The van der Waals surface area contributed by atoms with E-state index in [1.807, 2.05) is 0 Å². The van der Waals surface area contributed by atoms with Crippen LogP contribution in [0.2, 0.25) is 0 Å². The number of nitrogens with one attached hydrogen (secondary N) is 1. The molecule has 2 rings (SSSR count). The van der Waals surface area contributed by atoms with Crippen LogP contribution in [0.3, 0.4) is 0 Å². The molecule has 0 unspecified atom stereocenters. The lowest BCUT2D eigenvalue weighted by Gasteiger charge is -2.21. The van der Waals surface area contributed by atoms with Crippen molar-refractivity contribution in [2.75, 3.05) is 33.1 Å². The maximum Gasteiger partial charge on any atom is 0.251 e. The van der Waals surface area contributed by atoms with E-state index in [1.54, 1.807) is 6.92 Å². The summed E-state index contributed by atoms with van der Waals surface area (Å²) in [6.07, 6.45) is 0. The fraction of sp³-hybridized carbons (Fsp3) is 0.533. The summed E-state index contributed by atoms with van der Waals surface area (Å²) in [5.74, 6) is -1.14. The number of nitrogens with zero attached hydrogens (tertiary/aromatic N) is 1. The van der Waals surface area contributed by atoms with Crippen LogP contribution in [-0.2, 0) is 14.8 Å². The molecule has 0 saturated carbocycles. The van der Waals surface area contributed by atoms with Gasteiger partial charge in [-0.1, -0.05) is 0 Å². The normalized spacial score (nSPS) is 21.6. The second kappa shape index (κ2) is 6.94. The largest absolute Gasteiger partial charge is 0.379 e. The third-order valence-corrected chi connectivity index (χ3v) is 5.88. The highest BCUT2D eigenvalue weighted by Gasteiger charge is 2.34. The van der Waals surface area contributed by atoms with Crippen LogP contribution in [0.5, 0.6) is 0 Å². The van der Waals surface area contributed by atoms with Crippen LogP contribution < -0.4 is 5.32 Å². The highest BCUT2D eigenvalue weighted by Crippen LogP contribution is 2.18. The molecular formula is C15H21FN2O4S. The molecule has 0 bridgehead atoms. The van der Waals surface area contributed by atoms with Crippen LogP contribution in [0.4, 0.5) is 4.39 Å². The van der Waals surface area contributed by atoms with E-state index in [-0.39, 0.29) is 42.7 Å². The van der Waals surface area contributed by atoms with E-state index in [1.165, 1.54) is 32.3 Å². The molecule has 8 heteroatoms. The van der Waals surface area contributed by atoms with Crippen molar-refractivity contribution in [3.05, 3.63) is 35.1 Å². The van der Waals surface area contributed by atoms with E-state index in [0.29, 0.717) is 11.1 Å². The number of ether oxygens (including phenoxy) is 1. The lowest BCUT2D eigenvalue weighted by atomic mass is 10.1. The van der Waals surface area contributed by atoms with Gasteiger partial charge in [-0.3, -0.25) is 4.79 Å². The number of halogens is 1. The number of sulfonamides is 1. The first-order chi connectivity index (χ1) is 10.7. The van der Waals surface area contributed by atoms with E-state index in [2.05, 4.69) is 5.32 Å². The molecule has 1 N–H and O–H groups in total. The standard InChI is InChI=1S/C15H21FN2O4S/c1-10-6-11(4-5-13(10)16)15(19)17-14-8-22-7-12(14)9-23(20,21)18(2)3/h4-6,12,14H,7-9H2,1-3H3,(H,17,19)/t12-,14+/m0/s1. The number of hydrogen-bond donors (Lipinski definition) is 1. The summed E-state index contributed by atoms with van der Waals surface area (Å²) < 4.78 is 43.7. The number of benzene rings is 1. The monoisotopic (exact) mass is 344 g/mol. The van der Waals surface area contributed by atoms with Crippen molar-refractivity contribution in [1.29, 1.82) is 0 Å². The Balaban J connectivity index is 2.06. The first kappa shape index (κ1) is 17.8. The van der Waals surface area contributed by atoms with Gasteiger partial charge in [0.05, 0.1) is 25.0 Å². The summed E-state index contributed by atoms with van der Waals surface area (Å²) in [7, 11) is -0.430. The SMILES string of the molecule is Cc1cc(C(=O)N[C@@H]2COC[C@H]2CS(=O)(=O)N(C)C)ccc1F. The first-order valence-corrected chi connectivity index (χ1v) is 8.86. The molecule has 0 radical (unpaired) electrons. The molecule has 1 saturated heterocycles. The summed E-state index contributed by atoms with van der Waals surface area (Å²) in [4.78, 5) is 12.3. The molecule has 128 valence electrons. The number of carbonyl (C=O) groups is 1. The summed E-state index contributed by atoms with van der Waals surface area (Å²) in [5, 5.41) is 2.78. The van der Waals surface area contributed by atoms with Gasteiger partial charge in [0.2, 0.25) is 10.0 Å². The average Bonchev–Trinajstić information content (AvgIpc) is 2.88. The Bertz CT molecular complexity index is 691. The van der Waals surface area contributed by atoms with Gasteiger partial charge < -0.3 is 10.1 Å². The molecule has 1 fully saturated rings. The van der Waals surface area contributed by atoms with Crippen LogP contribution in [0.1, 0.15) is 15.9 Å². The molecule has 1 aromatic rings. The number of rotatable bonds is 5. The zero-order valence-electron chi connectivity index (χ0n) is 13.4. The Labute approximate surface area is 135 Å². The lowest BCUT2D eigenvalue weighted by Crippen LogP contribution is -2.43. The maximum absolute atomic E-state index is 13.3. The first-order valence-electron chi connectivity index (χ1n) is 7.25. The Hall–Kier alpha value is -1.51. The minimum absolute atomic E-state index is 0.0899. The average molecular weight is 344 g/mol. The molecule has 2 atom stereocenters. The van der Waals surface area contributed by atoms with Crippen LogP contribution >= 0.6 is 0 Å². The van der Waals surface area contributed by atoms with Gasteiger partial charge in [0.15, 0.2) is 0 Å². The van der Waals surface area contributed by atoms with E-state index >= 15 is 0 Å². The molecule has 6 nitrogen and oxygen atoms in total. The summed E-state index contributed by atoms with van der Waals surface area (Å²) in [5.41, 5.74) is 0.720. The molecule has 1 aliphatic rings. The van der Waals surface area contributed by atoms with Crippen LogP contribution in [0, 0.1) is 18.7 Å². The number of hydrogen-bond acceptors (Lipinski definition) is 4. The smallest absolute Gasteiger partial charge is 0.251 e. The van der Waals surface area contributed by atoms with Crippen molar-refractivity contribution in [2.24, 2.45) is 5.92 Å². The van der Waals surface area contributed by atoms with Gasteiger partial charge in [-0.05, 0) is 30.7 Å². The minimum atomic E-state index is -3.37. The van der Waals surface area contributed by atoms with Gasteiger partial charge in [-0.2, -0.15) is 0 Å². The Morgan fingerprint density at radius 3 is 2.70 bits per heavy atom. The van der Waals surface area contributed by atoms with Gasteiger partial charge in [-0.25, -0.2) is 17.1 Å². The molecule has 0 spiro atoms. The molecule has 1 heterocycles. The van der Waals surface area contributed by atoms with E-state index in [9.17, 15) is 17.6 Å². The van der Waals surface area contributed by atoms with Gasteiger partial charge in [-0.15, -0.1) is 0 Å². The van der Waals surface area contributed by atoms with Crippen molar-refractivity contribution < 1.29 is 22.3 Å². The highest BCUT2D eigenvalue weighted by atomic mass is 32.2. The molecule has 23 heavy (non-hydrogen) atoms. The minimum Gasteiger partial charge on any atom is -0.379 e. The Kier molecular flexibility index (Phi) is 5.38. The highest BCUT2D eigenvalue weighted by molar-refractivity contribution is 7.89. The van der Waals surface area contributed by atoms with Crippen molar-refractivity contribution >= 4 is 15.9 Å². The van der Waals surface area contributed by atoms with Gasteiger partial charge >= 0.3 is 0 Å². The Morgan fingerprint density at radius 1 is 1.39 bits per heavy atom. The molecule has 1 aromatic carbocycles. The third-order valence-electron chi connectivity index (χ3n) is 3.92. The van der Waals surface area contributed by atoms with Crippen molar-refractivity contribution in [1.82, 2.24) is 9.62 Å². The van der Waals surface area contributed by atoms with Crippen LogP contribution in [0.15, 0.2) is 18.2 Å². The van der Waals surface area contributed by atoms with Crippen molar-refractivity contribution in [2.45, 2.75) is 13.0 Å². The van der Waals surface area contributed by atoms with E-state index in [0.717, 1.165) is 4.31 Å². The summed E-state index contributed by atoms with van der Waals surface area (Å²) in [6.45, 7) is 2.12. The zero-order valence-corrected chi connectivity index (χ0v) is 14.2. The zero-order chi connectivity index (χ0) is 17.2. The topological polar surface area (TPSA) is 75.7 Å². The molecule has 0 aromatic heterocycles. The Morgan fingerprint density at radius 2 is 2.09 bits per heavy atom. The van der Waals surface area contributed by atoms with Gasteiger partial charge in [0.25, 0.3) is 5.91 Å². The van der Waals surface area contributed by atoms with Crippen molar-refractivity contribution in [3.8, 4) is 0 Å². The van der Waals surface area contributed by atoms with E-state index in [4.69, 9.17) is 4.74 Å². The molecule has 1 amide bonds. The summed E-state index contributed by atoms with van der Waals surface area (Å²) in [6, 6.07) is 3.72. The van der Waals surface area contributed by atoms with E-state index < -0.39 is 10.0 Å². The van der Waals surface area contributed by atoms with Crippen LogP contribution in [-0.4, -0.2) is 57.7 Å². The van der Waals surface area contributed by atoms with Crippen molar-refractivity contribution in [3.63, 3.8) is 0 Å². The quantitative estimate of drug-likeness (QED) is 0.856. The van der Waals surface area contributed by atoms with Gasteiger partial charge in [0, 0.05) is 25.6 Å². The molecule has 1 aliphatic heterocycles. The number of aryl methyl sites for hydroxylation is 1. The molecule has 0 aliphatic carbocycles. The summed E-state index contributed by atoms with van der Waals surface area (Å²) >= 11 is 0. The number of carbonyl (C=O) groups excluding carboxylic acids is 1. The molecular weight excluding hydrogens is 323 g/mol. The van der Waals surface area contributed by atoms with Gasteiger partial charge in [0.1, 0.15) is 5.82 Å². The second-order valence-electron chi connectivity index (χ2n) is 5.90. The number of amides is 1. The predicted molar refractivity (Wildman–Crippen MR) is 84.2 cm³/mol.